The number of morpholine rings is 1. The molecular formula is C14H15ClFNO2. The molecule has 3 rings (SSSR count). The molecule has 1 saturated heterocycles. The van der Waals surface area contributed by atoms with Crippen LogP contribution >= 0.6 is 11.6 Å². The fraction of sp³-hybridized carbons (Fsp3) is 0.500. The molecule has 2 atom stereocenters. The molecule has 1 aromatic rings. The van der Waals surface area contributed by atoms with Crippen LogP contribution in [-0.2, 0) is 15.1 Å². The van der Waals surface area contributed by atoms with E-state index in [0.717, 1.165) is 19.3 Å². The average molecular weight is 284 g/mol. The van der Waals surface area contributed by atoms with Gasteiger partial charge in [-0.05, 0) is 25.0 Å². The number of amides is 1. The fourth-order valence-electron chi connectivity index (χ4n) is 3.24. The number of ether oxygens (including phenoxy) is 1. The standard InChI is InChI=1S/C14H15ClFNO2/c15-9-4-3-5-10(16)13(9)14-7-2-1-6-11(14)19-8-12(18)17-14/h3-5,11H,1-2,6-8H2,(H,17,18). The van der Waals surface area contributed by atoms with Crippen LogP contribution in [0.3, 0.4) is 0 Å². The van der Waals surface area contributed by atoms with E-state index in [1.807, 2.05) is 0 Å². The van der Waals surface area contributed by atoms with Crippen LogP contribution in [-0.4, -0.2) is 18.6 Å². The lowest BCUT2D eigenvalue weighted by Gasteiger charge is -2.47. The van der Waals surface area contributed by atoms with Crippen LogP contribution in [0, 0.1) is 5.82 Å². The fourth-order valence-corrected chi connectivity index (χ4v) is 3.57. The van der Waals surface area contributed by atoms with Crippen LogP contribution in [0.1, 0.15) is 31.2 Å². The third kappa shape index (κ3) is 2.03. The third-order valence-electron chi connectivity index (χ3n) is 4.02. The van der Waals surface area contributed by atoms with Crippen LogP contribution in [0.4, 0.5) is 4.39 Å². The van der Waals surface area contributed by atoms with E-state index in [2.05, 4.69) is 5.32 Å². The molecule has 2 unspecified atom stereocenters. The Morgan fingerprint density at radius 3 is 3.05 bits per heavy atom. The zero-order valence-electron chi connectivity index (χ0n) is 10.4. The summed E-state index contributed by atoms with van der Waals surface area (Å²) in [4.78, 5) is 11.7. The van der Waals surface area contributed by atoms with E-state index in [9.17, 15) is 9.18 Å². The van der Waals surface area contributed by atoms with Crippen molar-refractivity contribution in [1.29, 1.82) is 0 Å². The second-order valence-corrected chi connectivity index (χ2v) is 5.57. The van der Waals surface area contributed by atoms with Crippen LogP contribution in [0.5, 0.6) is 0 Å². The number of hydrogen-bond donors (Lipinski definition) is 1. The van der Waals surface area contributed by atoms with Gasteiger partial charge in [-0.2, -0.15) is 0 Å². The summed E-state index contributed by atoms with van der Waals surface area (Å²) < 4.78 is 19.9. The minimum atomic E-state index is -0.810. The van der Waals surface area contributed by atoms with Crippen molar-refractivity contribution in [3.05, 3.63) is 34.6 Å². The number of benzene rings is 1. The number of halogens is 2. The Morgan fingerprint density at radius 1 is 1.42 bits per heavy atom. The van der Waals surface area contributed by atoms with Crippen LogP contribution in [0.15, 0.2) is 18.2 Å². The number of carbonyl (C=O) groups excluding carboxylic acids is 1. The van der Waals surface area contributed by atoms with Crippen molar-refractivity contribution in [2.45, 2.75) is 37.3 Å². The molecule has 1 aromatic carbocycles. The van der Waals surface area contributed by atoms with E-state index in [0.29, 0.717) is 17.0 Å². The first kappa shape index (κ1) is 12.9. The van der Waals surface area contributed by atoms with Crippen molar-refractivity contribution in [3.63, 3.8) is 0 Å². The van der Waals surface area contributed by atoms with Gasteiger partial charge in [0.1, 0.15) is 12.4 Å². The van der Waals surface area contributed by atoms with Gasteiger partial charge < -0.3 is 10.1 Å². The maximum absolute atomic E-state index is 14.2. The highest BCUT2D eigenvalue weighted by Gasteiger charge is 2.49. The molecule has 2 aliphatic rings. The molecule has 3 nitrogen and oxygen atoms in total. The summed E-state index contributed by atoms with van der Waals surface area (Å²) in [7, 11) is 0. The van der Waals surface area contributed by atoms with E-state index >= 15 is 0 Å². The lowest BCUT2D eigenvalue weighted by molar-refractivity contribution is -0.149. The number of hydrogen-bond acceptors (Lipinski definition) is 2. The van der Waals surface area contributed by atoms with Crippen molar-refractivity contribution in [2.24, 2.45) is 0 Å². The first-order valence-electron chi connectivity index (χ1n) is 6.50. The predicted molar refractivity (Wildman–Crippen MR) is 69.4 cm³/mol. The third-order valence-corrected chi connectivity index (χ3v) is 4.34. The summed E-state index contributed by atoms with van der Waals surface area (Å²) in [5, 5.41) is 3.29. The topological polar surface area (TPSA) is 38.3 Å². The van der Waals surface area contributed by atoms with Crippen molar-refractivity contribution < 1.29 is 13.9 Å². The predicted octanol–water partition coefficient (Wildman–Crippen LogP) is 2.76. The zero-order valence-corrected chi connectivity index (χ0v) is 11.2. The summed E-state index contributed by atoms with van der Waals surface area (Å²) in [5.74, 6) is -0.595. The van der Waals surface area contributed by atoms with Crippen LogP contribution in [0.25, 0.3) is 0 Å². The van der Waals surface area contributed by atoms with Crippen molar-refractivity contribution in [2.75, 3.05) is 6.61 Å². The van der Waals surface area contributed by atoms with Gasteiger partial charge in [0.05, 0.1) is 11.6 Å². The van der Waals surface area contributed by atoms with Crippen molar-refractivity contribution in [1.82, 2.24) is 5.32 Å². The normalized spacial score (nSPS) is 30.6. The van der Waals surface area contributed by atoms with Gasteiger partial charge in [-0.25, -0.2) is 4.39 Å². The molecule has 0 aromatic heterocycles. The first-order chi connectivity index (χ1) is 9.13. The van der Waals surface area contributed by atoms with Gasteiger partial charge in [0.25, 0.3) is 0 Å². The lowest BCUT2D eigenvalue weighted by atomic mass is 9.73. The highest BCUT2D eigenvalue weighted by atomic mass is 35.5. The number of carbonyl (C=O) groups is 1. The lowest BCUT2D eigenvalue weighted by Crippen LogP contribution is -2.61. The summed E-state index contributed by atoms with van der Waals surface area (Å²) >= 11 is 6.18. The molecule has 0 spiro atoms. The Labute approximate surface area is 116 Å². The number of nitrogens with one attached hydrogen (secondary N) is 1. The summed E-state index contributed by atoms with van der Waals surface area (Å²) in [5.41, 5.74) is -0.440. The molecule has 19 heavy (non-hydrogen) atoms. The monoisotopic (exact) mass is 283 g/mol. The Balaban J connectivity index is 2.13. The van der Waals surface area contributed by atoms with Gasteiger partial charge in [0.2, 0.25) is 5.91 Å². The van der Waals surface area contributed by atoms with Crippen LogP contribution < -0.4 is 5.32 Å². The van der Waals surface area contributed by atoms with Gasteiger partial charge >= 0.3 is 0 Å². The maximum atomic E-state index is 14.2. The molecule has 1 aliphatic carbocycles. The van der Waals surface area contributed by atoms with Gasteiger partial charge in [-0.3, -0.25) is 4.79 Å². The summed E-state index contributed by atoms with van der Waals surface area (Å²) in [6.45, 7) is 0.0402. The summed E-state index contributed by atoms with van der Waals surface area (Å²) in [6, 6.07) is 4.60. The summed E-state index contributed by atoms with van der Waals surface area (Å²) in [6.07, 6.45) is 3.21. The minimum Gasteiger partial charge on any atom is -0.366 e. The molecule has 1 saturated carbocycles. The first-order valence-corrected chi connectivity index (χ1v) is 6.88. The van der Waals surface area contributed by atoms with Crippen LogP contribution in [0.2, 0.25) is 5.02 Å². The van der Waals surface area contributed by atoms with Crippen molar-refractivity contribution in [3.8, 4) is 0 Å². The van der Waals surface area contributed by atoms with E-state index < -0.39 is 5.54 Å². The molecule has 1 N–H and O–H groups in total. The largest absolute Gasteiger partial charge is 0.366 e. The quantitative estimate of drug-likeness (QED) is 0.861. The molecule has 1 amide bonds. The van der Waals surface area contributed by atoms with Gasteiger partial charge in [-0.1, -0.05) is 30.5 Å². The van der Waals surface area contributed by atoms with Crippen molar-refractivity contribution >= 4 is 17.5 Å². The van der Waals surface area contributed by atoms with Gasteiger partial charge in [-0.15, -0.1) is 0 Å². The zero-order chi connectivity index (χ0) is 13.5. The van der Waals surface area contributed by atoms with Gasteiger partial charge in [0.15, 0.2) is 0 Å². The molecule has 102 valence electrons. The highest BCUT2D eigenvalue weighted by molar-refractivity contribution is 6.31. The second-order valence-electron chi connectivity index (χ2n) is 5.16. The molecule has 0 radical (unpaired) electrons. The van der Waals surface area contributed by atoms with E-state index in [-0.39, 0.29) is 24.4 Å². The molecule has 1 aliphatic heterocycles. The average Bonchev–Trinajstić information content (AvgIpc) is 2.38. The number of fused-ring (bicyclic) bond motifs is 1. The highest BCUT2D eigenvalue weighted by Crippen LogP contribution is 2.44. The molecule has 5 heteroatoms. The molecular weight excluding hydrogens is 269 g/mol. The van der Waals surface area contributed by atoms with E-state index in [4.69, 9.17) is 16.3 Å². The Kier molecular flexibility index (Phi) is 3.23. The van der Waals surface area contributed by atoms with E-state index in [1.165, 1.54) is 6.07 Å². The van der Waals surface area contributed by atoms with Gasteiger partial charge in [0, 0.05) is 10.6 Å². The molecule has 0 bridgehead atoms. The maximum Gasteiger partial charge on any atom is 0.246 e. The number of rotatable bonds is 1. The second kappa shape index (κ2) is 4.76. The molecule has 1 heterocycles. The smallest absolute Gasteiger partial charge is 0.246 e. The Morgan fingerprint density at radius 2 is 2.26 bits per heavy atom. The Bertz CT molecular complexity index is 502. The van der Waals surface area contributed by atoms with E-state index in [1.54, 1.807) is 12.1 Å². The SMILES string of the molecule is O=C1COC2CCCCC2(c2c(F)cccc2Cl)N1. The molecule has 2 fully saturated rings. The Hall–Kier alpha value is -1.13. The minimum absolute atomic E-state index is 0.0402.